The maximum absolute atomic E-state index is 12.9. The number of rotatable bonds is 6. The van der Waals surface area contributed by atoms with Gasteiger partial charge in [0.25, 0.3) is 0 Å². The van der Waals surface area contributed by atoms with Gasteiger partial charge in [0, 0.05) is 56.0 Å². The minimum absolute atomic E-state index is 0.220. The van der Waals surface area contributed by atoms with Crippen molar-refractivity contribution in [2.75, 3.05) is 49.5 Å². The fraction of sp³-hybridized carbons (Fsp3) is 0.621. The van der Waals surface area contributed by atoms with Crippen LogP contribution in [0.4, 0.5) is 11.8 Å². The molecule has 1 unspecified atom stereocenters. The monoisotopic (exact) mass is 524 g/mol. The molecule has 1 aromatic carbocycles. The van der Waals surface area contributed by atoms with Gasteiger partial charge in [-0.25, -0.2) is 4.98 Å². The molecule has 37 heavy (non-hydrogen) atoms. The highest BCUT2D eigenvalue weighted by Gasteiger charge is 2.29. The van der Waals surface area contributed by atoms with Gasteiger partial charge in [-0.05, 0) is 68.8 Å². The molecule has 0 bridgehead atoms. The number of hydrogen-bond donors (Lipinski definition) is 1. The largest absolute Gasteiger partial charge is 0.356 e. The molecule has 1 atom stereocenters. The number of likely N-dealkylation sites (tertiary alicyclic amines) is 2. The molecule has 0 spiro atoms. The predicted molar refractivity (Wildman–Crippen MR) is 150 cm³/mol. The van der Waals surface area contributed by atoms with Gasteiger partial charge in [-0.2, -0.15) is 4.98 Å². The summed E-state index contributed by atoms with van der Waals surface area (Å²) in [6.45, 7) is 6.01. The van der Waals surface area contributed by atoms with Crippen LogP contribution in [-0.4, -0.2) is 77.0 Å². The summed E-state index contributed by atoms with van der Waals surface area (Å²) in [5.41, 5.74) is 1.03. The Balaban J connectivity index is 1.13. The number of carbonyl (C=O) groups is 1. The molecule has 200 valence electrons. The fourth-order valence-electron chi connectivity index (χ4n) is 6.07. The molecule has 1 aromatic heterocycles. The number of benzene rings is 1. The first-order valence-electron chi connectivity index (χ1n) is 14.2. The van der Waals surface area contributed by atoms with Crippen LogP contribution in [0, 0.1) is 0 Å². The van der Waals surface area contributed by atoms with E-state index in [1.807, 2.05) is 35.4 Å². The van der Waals surface area contributed by atoms with Crippen LogP contribution >= 0.6 is 11.6 Å². The number of aromatic nitrogens is 2. The summed E-state index contributed by atoms with van der Waals surface area (Å²) in [7, 11) is 0. The number of halogens is 1. The number of carbonyl (C=O) groups excluding carboxylic acids is 1. The maximum atomic E-state index is 12.9. The second-order valence-electron chi connectivity index (χ2n) is 10.9. The first-order chi connectivity index (χ1) is 18.1. The average Bonchev–Trinajstić information content (AvgIpc) is 3.34. The van der Waals surface area contributed by atoms with Gasteiger partial charge in [0.05, 0.1) is 6.42 Å². The van der Waals surface area contributed by atoms with Crippen molar-refractivity contribution in [3.05, 3.63) is 47.1 Å². The fourth-order valence-corrected chi connectivity index (χ4v) is 6.19. The summed E-state index contributed by atoms with van der Waals surface area (Å²) in [5.74, 6) is 2.04. The Morgan fingerprint density at radius 3 is 2.38 bits per heavy atom. The van der Waals surface area contributed by atoms with Crippen molar-refractivity contribution in [1.29, 1.82) is 0 Å². The highest BCUT2D eigenvalue weighted by molar-refractivity contribution is 6.30. The van der Waals surface area contributed by atoms with Crippen LogP contribution in [0.3, 0.4) is 0 Å². The van der Waals surface area contributed by atoms with Gasteiger partial charge < -0.3 is 15.1 Å². The number of anilines is 2. The van der Waals surface area contributed by atoms with Crippen molar-refractivity contribution >= 4 is 29.3 Å². The summed E-state index contributed by atoms with van der Waals surface area (Å²) >= 11 is 5.99. The molecule has 5 rings (SSSR count). The molecule has 7 nitrogen and oxygen atoms in total. The van der Waals surface area contributed by atoms with Crippen molar-refractivity contribution in [2.45, 2.75) is 76.3 Å². The highest BCUT2D eigenvalue weighted by Crippen LogP contribution is 2.24. The lowest BCUT2D eigenvalue weighted by Crippen LogP contribution is -2.49. The first-order valence-corrected chi connectivity index (χ1v) is 14.6. The zero-order valence-corrected chi connectivity index (χ0v) is 22.7. The topological polar surface area (TPSA) is 64.6 Å². The van der Waals surface area contributed by atoms with Crippen molar-refractivity contribution in [2.24, 2.45) is 0 Å². The van der Waals surface area contributed by atoms with E-state index in [1.54, 1.807) is 0 Å². The quantitative estimate of drug-likeness (QED) is 0.573. The van der Waals surface area contributed by atoms with Gasteiger partial charge in [0.2, 0.25) is 11.9 Å². The molecule has 3 aliphatic rings. The molecular formula is C29H41ClN6O. The van der Waals surface area contributed by atoms with E-state index < -0.39 is 0 Å². The average molecular weight is 525 g/mol. The molecular weight excluding hydrogens is 484 g/mol. The summed E-state index contributed by atoms with van der Waals surface area (Å²) in [5, 5.41) is 4.39. The number of hydrogen-bond acceptors (Lipinski definition) is 6. The number of amides is 1. The SMILES string of the molecule is O=C(Cc1ccc(Cl)cc1)N1CCC(N2CCCCC(Nc3nccc(N4CCCCCC4)n3)C2)CC1. The van der Waals surface area contributed by atoms with Crippen molar-refractivity contribution in [1.82, 2.24) is 19.8 Å². The summed E-state index contributed by atoms with van der Waals surface area (Å²) in [4.78, 5) is 29.4. The third-order valence-electron chi connectivity index (χ3n) is 8.21. The van der Waals surface area contributed by atoms with Crippen LogP contribution in [-0.2, 0) is 11.2 Å². The minimum Gasteiger partial charge on any atom is -0.356 e. The van der Waals surface area contributed by atoms with Crippen LogP contribution in [0.25, 0.3) is 0 Å². The van der Waals surface area contributed by atoms with E-state index in [1.165, 1.54) is 38.5 Å². The molecule has 8 heteroatoms. The van der Waals surface area contributed by atoms with Crippen molar-refractivity contribution in [3.63, 3.8) is 0 Å². The highest BCUT2D eigenvalue weighted by atomic mass is 35.5. The van der Waals surface area contributed by atoms with E-state index >= 15 is 0 Å². The first kappa shape index (κ1) is 26.2. The zero-order chi connectivity index (χ0) is 25.5. The van der Waals surface area contributed by atoms with Crippen molar-refractivity contribution in [3.8, 4) is 0 Å². The standard InChI is InChI=1S/C29H41ClN6O/c30-24-10-8-23(9-11-24)21-28(37)35-19-13-26(14-20-35)36-18-6-3-7-25(22-36)32-29-31-15-12-27(33-29)34-16-4-1-2-5-17-34/h8-12,15,25-26H,1-7,13-14,16-22H2,(H,31,32,33). The smallest absolute Gasteiger partial charge is 0.226 e. The Morgan fingerprint density at radius 1 is 0.892 bits per heavy atom. The maximum Gasteiger partial charge on any atom is 0.226 e. The lowest BCUT2D eigenvalue weighted by molar-refractivity contribution is -0.132. The van der Waals surface area contributed by atoms with E-state index in [9.17, 15) is 4.79 Å². The van der Waals surface area contributed by atoms with Crippen LogP contribution in [0.1, 0.15) is 63.4 Å². The third kappa shape index (κ3) is 7.35. The van der Waals surface area contributed by atoms with Crippen LogP contribution in [0.2, 0.25) is 5.02 Å². The second-order valence-corrected chi connectivity index (χ2v) is 11.3. The molecule has 2 aromatic rings. The van der Waals surface area contributed by atoms with E-state index in [4.69, 9.17) is 16.6 Å². The number of nitrogens with zero attached hydrogens (tertiary/aromatic N) is 5. The van der Waals surface area contributed by atoms with Crippen LogP contribution < -0.4 is 10.2 Å². The number of nitrogens with one attached hydrogen (secondary N) is 1. The molecule has 4 heterocycles. The lowest BCUT2D eigenvalue weighted by Gasteiger charge is -2.39. The molecule has 3 saturated heterocycles. The van der Waals surface area contributed by atoms with Crippen LogP contribution in [0.5, 0.6) is 0 Å². The second kappa shape index (κ2) is 12.9. The minimum atomic E-state index is 0.220. The van der Waals surface area contributed by atoms with Gasteiger partial charge in [0.15, 0.2) is 0 Å². The molecule has 3 fully saturated rings. The predicted octanol–water partition coefficient (Wildman–Crippen LogP) is 5.01. The van der Waals surface area contributed by atoms with Crippen molar-refractivity contribution < 1.29 is 4.79 Å². The zero-order valence-electron chi connectivity index (χ0n) is 22.0. The van der Waals surface area contributed by atoms with E-state index in [-0.39, 0.29) is 5.91 Å². The Bertz CT molecular complexity index is 1000. The molecule has 3 aliphatic heterocycles. The van der Waals surface area contributed by atoms with Crippen LogP contribution in [0.15, 0.2) is 36.5 Å². The Hall–Kier alpha value is -2.38. The third-order valence-corrected chi connectivity index (χ3v) is 8.46. The van der Waals surface area contributed by atoms with Gasteiger partial charge in [-0.1, -0.05) is 43.0 Å². The van der Waals surface area contributed by atoms with Gasteiger partial charge in [0.1, 0.15) is 5.82 Å². The molecule has 0 saturated carbocycles. The Labute approximate surface area is 226 Å². The van der Waals surface area contributed by atoms with E-state index in [0.29, 0.717) is 23.5 Å². The van der Waals surface area contributed by atoms with E-state index in [2.05, 4.69) is 26.2 Å². The molecule has 1 amide bonds. The van der Waals surface area contributed by atoms with Gasteiger partial charge in [-0.3, -0.25) is 9.69 Å². The Kier molecular flexibility index (Phi) is 9.16. The molecule has 0 aliphatic carbocycles. The normalized spacial score (nSPS) is 22.4. The molecule has 0 radical (unpaired) electrons. The summed E-state index contributed by atoms with van der Waals surface area (Å²) in [6, 6.07) is 10.6. The summed E-state index contributed by atoms with van der Waals surface area (Å²) in [6.07, 6.45) is 13.2. The van der Waals surface area contributed by atoms with E-state index in [0.717, 1.165) is 75.9 Å². The summed E-state index contributed by atoms with van der Waals surface area (Å²) < 4.78 is 0. The van der Waals surface area contributed by atoms with Gasteiger partial charge >= 0.3 is 0 Å². The molecule has 1 N–H and O–H groups in total. The number of piperidine rings is 1. The lowest BCUT2D eigenvalue weighted by atomic mass is 10.0. The Morgan fingerprint density at radius 2 is 1.62 bits per heavy atom. The van der Waals surface area contributed by atoms with Gasteiger partial charge in [-0.15, -0.1) is 0 Å².